The molecule has 1 fully saturated rings. The summed E-state index contributed by atoms with van der Waals surface area (Å²) >= 11 is 0. The second-order valence-electron chi connectivity index (χ2n) is 3.01. The van der Waals surface area contributed by atoms with E-state index >= 15 is 0 Å². The van der Waals surface area contributed by atoms with Gasteiger partial charge in [-0.05, 0) is 12.8 Å². The van der Waals surface area contributed by atoms with Crippen molar-refractivity contribution in [3.05, 3.63) is 0 Å². The van der Waals surface area contributed by atoms with Crippen LogP contribution in [0.5, 0.6) is 0 Å². The van der Waals surface area contributed by atoms with Gasteiger partial charge in [-0.2, -0.15) is 0 Å². The molecule has 0 aromatic heterocycles. The molecule has 0 aromatic carbocycles. The molecule has 0 heterocycles. The van der Waals surface area contributed by atoms with Crippen molar-refractivity contribution in [1.29, 1.82) is 0 Å². The average molecular weight is 170 g/mol. The molecular formula is C6H11BN2O3. The maximum Gasteiger partial charge on any atom is 0.325 e. The van der Waals surface area contributed by atoms with Gasteiger partial charge in [-0.3, -0.25) is 4.79 Å². The third kappa shape index (κ3) is 1.35. The predicted octanol–water partition coefficient (Wildman–Crippen LogP) is -1.94. The van der Waals surface area contributed by atoms with Crippen LogP contribution in [0.25, 0.3) is 0 Å². The lowest BCUT2D eigenvalue weighted by Crippen LogP contribution is -2.69. The number of rotatable bonds is 4. The van der Waals surface area contributed by atoms with Crippen molar-refractivity contribution in [2.45, 2.75) is 24.4 Å². The summed E-state index contributed by atoms with van der Waals surface area (Å²) in [6.07, 6.45) is 1.89. The molecule has 6 heteroatoms. The number of hydrogen-bond donors (Lipinski definition) is 3. The van der Waals surface area contributed by atoms with Crippen LogP contribution in [-0.2, 0) is 9.59 Å². The van der Waals surface area contributed by atoms with E-state index < -0.39 is 11.5 Å². The van der Waals surface area contributed by atoms with Crippen LogP contribution in [0.1, 0.15) is 12.8 Å². The van der Waals surface area contributed by atoms with E-state index in [1.54, 1.807) is 0 Å². The fourth-order valence-corrected chi connectivity index (χ4v) is 1.33. The number of nitrogens with one attached hydrogen (secondary N) is 1. The molecule has 2 unspecified atom stereocenters. The van der Waals surface area contributed by atoms with Gasteiger partial charge in [-0.25, -0.2) is 0 Å². The molecule has 2 atom stereocenters. The summed E-state index contributed by atoms with van der Waals surface area (Å²) in [5.74, 6) is -1.00. The zero-order valence-corrected chi connectivity index (χ0v) is 6.62. The summed E-state index contributed by atoms with van der Waals surface area (Å²) in [5, 5.41) is 11.5. The number of nitrogens with two attached hydrogens (primary N) is 1. The van der Waals surface area contributed by atoms with Gasteiger partial charge < -0.3 is 20.9 Å². The third-order valence-corrected chi connectivity index (χ3v) is 2.31. The van der Waals surface area contributed by atoms with Crippen LogP contribution in [0.4, 0.5) is 0 Å². The fourth-order valence-electron chi connectivity index (χ4n) is 1.33. The van der Waals surface area contributed by atoms with E-state index in [9.17, 15) is 9.59 Å². The van der Waals surface area contributed by atoms with Crippen LogP contribution in [0.3, 0.4) is 0 Å². The summed E-state index contributed by atoms with van der Waals surface area (Å²) in [4.78, 5) is 20.6. The molecule has 1 aliphatic rings. The average Bonchev–Trinajstić information content (AvgIpc) is 2.01. The number of carboxylic acid groups (broad SMARTS) is 1. The number of carboxylic acids is 1. The lowest BCUT2D eigenvalue weighted by atomic mass is 9.70. The first-order chi connectivity index (χ1) is 5.61. The van der Waals surface area contributed by atoms with Gasteiger partial charge in [0.1, 0.15) is 5.54 Å². The molecule has 1 saturated carbocycles. The molecule has 0 bridgehead atoms. The monoisotopic (exact) mass is 170 g/mol. The van der Waals surface area contributed by atoms with E-state index in [2.05, 4.69) is 5.23 Å². The van der Waals surface area contributed by atoms with Gasteiger partial charge in [-0.1, -0.05) is 0 Å². The first kappa shape index (κ1) is 9.21. The highest BCUT2D eigenvalue weighted by molar-refractivity contribution is 6.64. The van der Waals surface area contributed by atoms with E-state index in [1.807, 2.05) is 0 Å². The highest BCUT2D eigenvalue weighted by Crippen LogP contribution is 2.29. The minimum Gasteiger partial charge on any atom is -0.480 e. The fraction of sp³-hybridized carbons (Fsp3) is 0.667. The summed E-state index contributed by atoms with van der Waals surface area (Å²) in [7, 11) is 0.164. The van der Waals surface area contributed by atoms with Gasteiger partial charge >= 0.3 is 5.97 Å². The quantitative estimate of drug-likeness (QED) is 0.337. The summed E-state index contributed by atoms with van der Waals surface area (Å²) in [6, 6.07) is -0.264. The standard InChI is InChI=1S/C6H11BN2O3/c8-6(5(11)12)2-1-4(6)9-7-3-10/h3-4,7,9H,1-2,8H2,(H,11,12). The molecule has 0 saturated heterocycles. The van der Waals surface area contributed by atoms with Crippen molar-refractivity contribution < 1.29 is 14.7 Å². The Morgan fingerprint density at radius 3 is 2.83 bits per heavy atom. The van der Waals surface area contributed by atoms with Crippen LogP contribution in [0, 0.1) is 0 Å². The predicted molar refractivity (Wildman–Crippen MR) is 44.6 cm³/mol. The molecule has 4 N–H and O–H groups in total. The first-order valence-corrected chi connectivity index (χ1v) is 3.80. The first-order valence-electron chi connectivity index (χ1n) is 3.80. The smallest absolute Gasteiger partial charge is 0.325 e. The molecule has 0 radical (unpaired) electrons. The lowest BCUT2D eigenvalue weighted by Gasteiger charge is -2.43. The Kier molecular flexibility index (Phi) is 2.49. The van der Waals surface area contributed by atoms with Crippen LogP contribution < -0.4 is 11.0 Å². The SMILES string of the molecule is NC1(C(=O)O)CCC1NBC=O. The highest BCUT2D eigenvalue weighted by Gasteiger charge is 2.49. The Bertz CT molecular complexity index is 211. The molecule has 1 aliphatic carbocycles. The van der Waals surface area contributed by atoms with Gasteiger partial charge in [0.25, 0.3) is 7.41 Å². The van der Waals surface area contributed by atoms with Gasteiger partial charge in [0, 0.05) is 6.04 Å². The minimum absolute atomic E-state index is 0.164. The molecule has 5 nitrogen and oxygen atoms in total. The zero-order valence-electron chi connectivity index (χ0n) is 6.62. The van der Waals surface area contributed by atoms with Crippen molar-refractivity contribution in [1.82, 2.24) is 5.23 Å². The van der Waals surface area contributed by atoms with Crippen molar-refractivity contribution in [2.75, 3.05) is 0 Å². The second-order valence-corrected chi connectivity index (χ2v) is 3.01. The normalized spacial score (nSPS) is 33.6. The number of hydrogen-bond acceptors (Lipinski definition) is 4. The molecule has 12 heavy (non-hydrogen) atoms. The van der Waals surface area contributed by atoms with Gasteiger partial charge in [0.2, 0.25) is 0 Å². The largest absolute Gasteiger partial charge is 0.480 e. The van der Waals surface area contributed by atoms with E-state index in [4.69, 9.17) is 10.8 Å². The highest BCUT2D eigenvalue weighted by atomic mass is 16.4. The summed E-state index contributed by atoms with van der Waals surface area (Å²) in [5.41, 5.74) is 4.39. The topological polar surface area (TPSA) is 92.4 Å². The Balaban J connectivity index is 2.47. The molecule has 1 rings (SSSR count). The van der Waals surface area contributed by atoms with E-state index in [0.717, 1.165) is 6.42 Å². The zero-order chi connectivity index (χ0) is 9.19. The van der Waals surface area contributed by atoms with Gasteiger partial charge in [0.15, 0.2) is 0 Å². The molecule has 0 aromatic rings. The molecule has 0 amide bonds. The molecule has 0 spiro atoms. The summed E-state index contributed by atoms with van der Waals surface area (Å²) < 4.78 is 0. The molecule has 66 valence electrons. The van der Waals surface area contributed by atoms with Crippen LogP contribution in [0.15, 0.2) is 0 Å². The Hall–Kier alpha value is -0.875. The second kappa shape index (κ2) is 3.24. The van der Waals surface area contributed by atoms with Crippen LogP contribution in [-0.4, -0.2) is 36.3 Å². The maximum absolute atomic E-state index is 10.6. The van der Waals surface area contributed by atoms with Crippen LogP contribution >= 0.6 is 0 Å². The van der Waals surface area contributed by atoms with Gasteiger partial charge in [0.05, 0.1) is 6.19 Å². The lowest BCUT2D eigenvalue weighted by molar-refractivity contribution is -0.148. The summed E-state index contributed by atoms with van der Waals surface area (Å²) in [6.45, 7) is 0. The molecule has 0 aliphatic heterocycles. The van der Waals surface area contributed by atoms with Crippen molar-refractivity contribution in [3.63, 3.8) is 0 Å². The Morgan fingerprint density at radius 2 is 2.50 bits per heavy atom. The van der Waals surface area contributed by atoms with E-state index in [-0.39, 0.29) is 13.5 Å². The van der Waals surface area contributed by atoms with Crippen molar-refractivity contribution in [3.8, 4) is 0 Å². The third-order valence-electron chi connectivity index (χ3n) is 2.31. The van der Waals surface area contributed by atoms with Crippen molar-refractivity contribution >= 4 is 19.6 Å². The Labute approximate surface area is 70.6 Å². The van der Waals surface area contributed by atoms with Crippen LogP contribution in [0.2, 0.25) is 0 Å². The van der Waals surface area contributed by atoms with Gasteiger partial charge in [-0.15, -0.1) is 0 Å². The van der Waals surface area contributed by atoms with Crippen molar-refractivity contribution in [2.24, 2.45) is 5.73 Å². The minimum atomic E-state index is -1.16. The Morgan fingerprint density at radius 1 is 1.83 bits per heavy atom. The number of carbonyl (C=O) groups excluding carboxylic acids is 1. The number of aliphatic carboxylic acids is 1. The number of carbonyl (C=O) groups is 2. The van der Waals surface area contributed by atoms with E-state index in [0.29, 0.717) is 12.6 Å². The maximum atomic E-state index is 10.6. The molecular weight excluding hydrogens is 159 g/mol. The van der Waals surface area contributed by atoms with E-state index in [1.165, 1.54) is 0 Å².